The van der Waals surface area contributed by atoms with Crippen molar-refractivity contribution in [2.75, 3.05) is 10.2 Å². The summed E-state index contributed by atoms with van der Waals surface area (Å²) in [6.07, 6.45) is 1.41. The molecule has 0 spiro atoms. The van der Waals surface area contributed by atoms with Gasteiger partial charge in [-0.15, -0.1) is 0 Å². The van der Waals surface area contributed by atoms with Crippen LogP contribution in [0.4, 0.5) is 22.0 Å². The van der Waals surface area contributed by atoms with Crippen LogP contribution in [0.1, 0.15) is 0 Å². The summed E-state index contributed by atoms with van der Waals surface area (Å²) in [5.41, 5.74) is 1.84. The summed E-state index contributed by atoms with van der Waals surface area (Å²) < 4.78 is 0. The summed E-state index contributed by atoms with van der Waals surface area (Å²) in [6, 6.07) is 18.6. The van der Waals surface area contributed by atoms with E-state index in [2.05, 4.69) is 15.3 Å². The summed E-state index contributed by atoms with van der Waals surface area (Å²) >= 11 is 18.1. The quantitative estimate of drug-likeness (QED) is 0.372. The Morgan fingerprint density at radius 1 is 0.793 bits per heavy atom. The molecular weight excluding hydrogens is 431 g/mol. The minimum absolute atomic E-state index is 0.395. The lowest BCUT2D eigenvalue weighted by Crippen LogP contribution is -2.31. The van der Waals surface area contributed by atoms with E-state index in [-0.39, 0.29) is 0 Å². The molecule has 0 saturated carbocycles. The number of rotatable bonds is 3. The molecule has 1 heterocycles. The summed E-state index contributed by atoms with van der Waals surface area (Å²) in [7, 11) is 0. The topological polar surface area (TPSA) is 58.1 Å². The highest BCUT2D eigenvalue weighted by Gasteiger charge is 2.22. The molecule has 0 saturated heterocycles. The van der Waals surface area contributed by atoms with Crippen LogP contribution in [0.25, 0.3) is 10.9 Å². The largest absolute Gasteiger partial charge is 0.332 e. The SMILES string of the molecule is O=C(Nc1ccc(Cl)cc1)N(c1ccc(Cl)cc1)c1ncnc2ccc(Cl)cc12. The van der Waals surface area contributed by atoms with Crippen LogP contribution in [-0.4, -0.2) is 16.0 Å². The van der Waals surface area contributed by atoms with Crippen LogP contribution in [0.15, 0.2) is 73.1 Å². The van der Waals surface area contributed by atoms with E-state index in [9.17, 15) is 4.79 Å². The van der Waals surface area contributed by atoms with E-state index < -0.39 is 6.03 Å². The van der Waals surface area contributed by atoms with Gasteiger partial charge >= 0.3 is 6.03 Å². The number of halogens is 3. The maximum Gasteiger partial charge on any atom is 0.332 e. The number of carbonyl (C=O) groups is 1. The van der Waals surface area contributed by atoms with Gasteiger partial charge in [-0.1, -0.05) is 34.8 Å². The lowest BCUT2D eigenvalue weighted by Gasteiger charge is -2.23. The molecule has 0 aliphatic heterocycles. The van der Waals surface area contributed by atoms with E-state index >= 15 is 0 Å². The number of amides is 2. The molecule has 0 fully saturated rings. The van der Waals surface area contributed by atoms with Crippen molar-refractivity contribution in [1.82, 2.24) is 9.97 Å². The standard InChI is InChI=1S/C21H13Cl3N4O/c22-13-1-6-16(7-2-13)27-21(29)28(17-8-3-14(23)4-9-17)20-18-11-15(24)5-10-19(18)25-12-26-20/h1-12H,(H,27,29). The Labute approximate surface area is 181 Å². The highest BCUT2D eigenvalue weighted by molar-refractivity contribution is 6.32. The third kappa shape index (κ3) is 4.27. The van der Waals surface area contributed by atoms with E-state index in [1.54, 1.807) is 66.7 Å². The number of hydrogen-bond donors (Lipinski definition) is 1. The molecular formula is C21H13Cl3N4O. The highest BCUT2D eigenvalue weighted by atomic mass is 35.5. The van der Waals surface area contributed by atoms with Gasteiger partial charge in [-0.3, -0.25) is 0 Å². The van der Waals surface area contributed by atoms with Crippen molar-refractivity contribution in [3.8, 4) is 0 Å². The first kappa shape index (κ1) is 19.5. The van der Waals surface area contributed by atoms with Crippen LogP contribution >= 0.6 is 34.8 Å². The highest BCUT2D eigenvalue weighted by Crippen LogP contribution is 2.32. The molecule has 0 aliphatic carbocycles. The van der Waals surface area contributed by atoms with Crippen LogP contribution < -0.4 is 10.2 Å². The Balaban J connectivity index is 1.83. The molecule has 3 aromatic carbocycles. The second-order valence-electron chi connectivity index (χ2n) is 6.11. The molecule has 0 radical (unpaired) electrons. The minimum Gasteiger partial charge on any atom is -0.307 e. The zero-order valence-corrected chi connectivity index (χ0v) is 17.1. The van der Waals surface area contributed by atoms with Gasteiger partial charge in [-0.25, -0.2) is 19.7 Å². The van der Waals surface area contributed by atoms with Crippen molar-refractivity contribution < 1.29 is 4.79 Å². The maximum atomic E-state index is 13.3. The summed E-state index contributed by atoms with van der Waals surface area (Å²) in [5.74, 6) is 0.395. The van der Waals surface area contributed by atoms with E-state index in [0.717, 1.165) is 0 Å². The van der Waals surface area contributed by atoms with Crippen LogP contribution in [0.2, 0.25) is 15.1 Å². The average molecular weight is 444 g/mol. The Bertz CT molecular complexity index is 1180. The van der Waals surface area contributed by atoms with E-state index in [1.807, 2.05) is 0 Å². The number of carbonyl (C=O) groups excluding carboxylic acids is 1. The maximum absolute atomic E-state index is 13.3. The number of urea groups is 1. The number of anilines is 3. The van der Waals surface area contributed by atoms with Crippen molar-refractivity contribution in [1.29, 1.82) is 0 Å². The van der Waals surface area contributed by atoms with Crippen molar-refractivity contribution in [2.24, 2.45) is 0 Å². The van der Waals surface area contributed by atoms with Gasteiger partial charge in [0, 0.05) is 26.1 Å². The fourth-order valence-electron chi connectivity index (χ4n) is 2.83. The number of nitrogens with one attached hydrogen (secondary N) is 1. The second-order valence-corrected chi connectivity index (χ2v) is 7.42. The molecule has 0 atom stereocenters. The predicted molar refractivity (Wildman–Crippen MR) is 119 cm³/mol. The summed E-state index contributed by atoms with van der Waals surface area (Å²) in [5, 5.41) is 5.15. The first-order chi connectivity index (χ1) is 14.0. The molecule has 0 aliphatic rings. The molecule has 8 heteroatoms. The predicted octanol–water partition coefficient (Wildman–Crippen LogP) is 6.96. The molecule has 5 nitrogen and oxygen atoms in total. The Morgan fingerprint density at radius 3 is 2.10 bits per heavy atom. The number of nitrogens with zero attached hydrogens (tertiary/aromatic N) is 3. The molecule has 1 aromatic heterocycles. The van der Waals surface area contributed by atoms with Crippen LogP contribution in [0, 0.1) is 0 Å². The van der Waals surface area contributed by atoms with Gasteiger partial charge in [0.25, 0.3) is 0 Å². The zero-order valence-electron chi connectivity index (χ0n) is 14.8. The Kier molecular flexibility index (Phi) is 5.53. The Hall–Kier alpha value is -2.86. The molecule has 0 unspecified atom stereocenters. The average Bonchev–Trinajstić information content (AvgIpc) is 2.71. The number of aromatic nitrogens is 2. The Morgan fingerprint density at radius 2 is 1.41 bits per heavy atom. The van der Waals surface area contributed by atoms with Gasteiger partial charge in [0.05, 0.1) is 11.2 Å². The lowest BCUT2D eigenvalue weighted by atomic mass is 10.2. The van der Waals surface area contributed by atoms with Gasteiger partial charge < -0.3 is 5.32 Å². The van der Waals surface area contributed by atoms with E-state index in [1.165, 1.54) is 11.2 Å². The second kappa shape index (κ2) is 8.25. The van der Waals surface area contributed by atoms with Crippen molar-refractivity contribution in [2.45, 2.75) is 0 Å². The van der Waals surface area contributed by atoms with Gasteiger partial charge in [-0.05, 0) is 66.7 Å². The number of fused-ring (bicyclic) bond motifs is 1. The smallest absolute Gasteiger partial charge is 0.307 e. The third-order valence-corrected chi connectivity index (χ3v) is 4.91. The molecule has 0 bridgehead atoms. The van der Waals surface area contributed by atoms with Crippen molar-refractivity contribution in [3.05, 3.63) is 88.1 Å². The van der Waals surface area contributed by atoms with Gasteiger partial charge in [-0.2, -0.15) is 0 Å². The molecule has 4 rings (SSSR count). The van der Waals surface area contributed by atoms with Crippen LogP contribution in [0.3, 0.4) is 0 Å². The fourth-order valence-corrected chi connectivity index (χ4v) is 3.26. The number of benzene rings is 3. The molecule has 4 aromatic rings. The van der Waals surface area contributed by atoms with E-state index in [0.29, 0.717) is 43.2 Å². The van der Waals surface area contributed by atoms with Gasteiger partial charge in [0.15, 0.2) is 5.82 Å². The fraction of sp³-hybridized carbons (Fsp3) is 0. The summed E-state index contributed by atoms with van der Waals surface area (Å²) in [4.78, 5) is 23.3. The lowest BCUT2D eigenvalue weighted by molar-refractivity contribution is 0.259. The van der Waals surface area contributed by atoms with Crippen molar-refractivity contribution >= 4 is 68.9 Å². The molecule has 144 valence electrons. The van der Waals surface area contributed by atoms with Gasteiger partial charge in [0.1, 0.15) is 6.33 Å². The third-order valence-electron chi connectivity index (χ3n) is 4.17. The normalized spacial score (nSPS) is 10.7. The van der Waals surface area contributed by atoms with Crippen LogP contribution in [-0.2, 0) is 0 Å². The molecule has 29 heavy (non-hydrogen) atoms. The number of hydrogen-bond acceptors (Lipinski definition) is 3. The molecule has 2 amide bonds. The molecule has 1 N–H and O–H groups in total. The first-order valence-electron chi connectivity index (χ1n) is 8.54. The summed E-state index contributed by atoms with van der Waals surface area (Å²) in [6.45, 7) is 0. The first-order valence-corrected chi connectivity index (χ1v) is 9.67. The monoisotopic (exact) mass is 442 g/mol. The van der Waals surface area contributed by atoms with E-state index in [4.69, 9.17) is 34.8 Å². The zero-order chi connectivity index (χ0) is 20.4. The van der Waals surface area contributed by atoms with Crippen LogP contribution in [0.5, 0.6) is 0 Å². The minimum atomic E-state index is -0.408. The van der Waals surface area contributed by atoms with Crippen molar-refractivity contribution in [3.63, 3.8) is 0 Å². The van der Waals surface area contributed by atoms with Gasteiger partial charge in [0.2, 0.25) is 0 Å².